The molecule has 0 atom stereocenters. The van der Waals surface area contributed by atoms with Crippen LogP contribution in [0.5, 0.6) is 0 Å². The molecule has 104 valence electrons. The fourth-order valence-electron chi connectivity index (χ4n) is 1.65. The second-order valence-corrected chi connectivity index (χ2v) is 3.73. The number of non-ortho nitro benzene ring substituents is 1. The quantitative estimate of drug-likeness (QED) is 0.686. The maximum atomic E-state index is 12.9. The van der Waals surface area contributed by atoms with E-state index in [9.17, 15) is 23.7 Å². The molecular formula is C11H7F2N3O4. The Morgan fingerprint density at radius 3 is 2.40 bits per heavy atom. The van der Waals surface area contributed by atoms with Gasteiger partial charge in [0.1, 0.15) is 11.3 Å². The number of carboxylic acids is 1. The molecule has 1 aromatic heterocycles. The van der Waals surface area contributed by atoms with Crippen molar-refractivity contribution in [2.24, 2.45) is 0 Å². The fourth-order valence-corrected chi connectivity index (χ4v) is 1.65. The average molecular weight is 283 g/mol. The first kappa shape index (κ1) is 13.6. The molecule has 0 saturated heterocycles. The molecule has 0 fully saturated rings. The first-order valence-corrected chi connectivity index (χ1v) is 5.26. The molecular weight excluding hydrogens is 276 g/mol. The smallest absolute Gasteiger partial charge is 0.339 e. The van der Waals surface area contributed by atoms with E-state index in [1.807, 2.05) is 0 Å². The van der Waals surface area contributed by atoms with Crippen molar-refractivity contribution in [3.63, 3.8) is 0 Å². The van der Waals surface area contributed by atoms with Gasteiger partial charge in [-0.3, -0.25) is 10.1 Å². The summed E-state index contributed by atoms with van der Waals surface area (Å²) in [6, 6.07) is 4.66. The van der Waals surface area contributed by atoms with Gasteiger partial charge in [0.05, 0.1) is 16.8 Å². The summed E-state index contributed by atoms with van der Waals surface area (Å²) in [5.41, 5.74) is -1.49. The monoisotopic (exact) mass is 283 g/mol. The fraction of sp³-hybridized carbons (Fsp3) is 0.0909. The zero-order chi connectivity index (χ0) is 14.9. The van der Waals surface area contributed by atoms with Crippen LogP contribution >= 0.6 is 0 Å². The van der Waals surface area contributed by atoms with Gasteiger partial charge in [-0.2, -0.15) is 5.10 Å². The number of nitrogens with zero attached hydrogens (tertiary/aromatic N) is 3. The van der Waals surface area contributed by atoms with Crippen molar-refractivity contribution in [2.45, 2.75) is 6.43 Å². The lowest BCUT2D eigenvalue weighted by molar-refractivity contribution is -0.384. The summed E-state index contributed by atoms with van der Waals surface area (Å²) in [7, 11) is 0. The van der Waals surface area contributed by atoms with E-state index in [1.165, 1.54) is 12.1 Å². The minimum Gasteiger partial charge on any atom is -0.478 e. The van der Waals surface area contributed by atoms with Gasteiger partial charge in [-0.1, -0.05) is 0 Å². The van der Waals surface area contributed by atoms with Gasteiger partial charge in [-0.15, -0.1) is 0 Å². The number of carboxylic acid groups (broad SMARTS) is 1. The van der Waals surface area contributed by atoms with Crippen molar-refractivity contribution in [3.8, 4) is 5.69 Å². The van der Waals surface area contributed by atoms with Crippen LogP contribution in [0.4, 0.5) is 14.5 Å². The Morgan fingerprint density at radius 1 is 1.35 bits per heavy atom. The number of nitro groups is 1. The van der Waals surface area contributed by atoms with E-state index in [1.54, 1.807) is 0 Å². The molecule has 2 aromatic rings. The number of alkyl halides is 2. The molecule has 0 bridgehead atoms. The third-order valence-corrected chi connectivity index (χ3v) is 2.55. The maximum Gasteiger partial charge on any atom is 0.339 e. The Kier molecular flexibility index (Phi) is 3.42. The van der Waals surface area contributed by atoms with Gasteiger partial charge in [0.2, 0.25) is 0 Å². The van der Waals surface area contributed by atoms with Crippen LogP contribution in [0.15, 0.2) is 30.5 Å². The van der Waals surface area contributed by atoms with E-state index in [4.69, 9.17) is 5.11 Å². The number of aromatic carboxylic acids is 1. The standard InChI is InChI=1S/C11H7F2N3O4/c12-10(13)9-8(11(17)18)5-14-15(9)6-1-3-7(4-2-6)16(19)20/h1-5,10H,(H,17,18). The summed E-state index contributed by atoms with van der Waals surface area (Å²) in [6.07, 6.45) is -2.23. The number of carbonyl (C=O) groups is 1. The predicted molar refractivity (Wildman–Crippen MR) is 62.1 cm³/mol. The molecule has 0 aliphatic rings. The molecule has 0 aliphatic heterocycles. The largest absolute Gasteiger partial charge is 0.478 e. The van der Waals surface area contributed by atoms with Crippen LogP contribution in [0.3, 0.4) is 0 Å². The summed E-state index contributed by atoms with van der Waals surface area (Å²) in [5, 5.41) is 22.9. The highest BCUT2D eigenvalue weighted by atomic mass is 19.3. The highest BCUT2D eigenvalue weighted by Gasteiger charge is 2.25. The van der Waals surface area contributed by atoms with E-state index in [-0.39, 0.29) is 11.4 Å². The molecule has 0 aliphatic carbocycles. The average Bonchev–Trinajstić information content (AvgIpc) is 2.83. The number of halogens is 2. The van der Waals surface area contributed by atoms with Crippen LogP contribution in [0.25, 0.3) is 5.69 Å². The second-order valence-electron chi connectivity index (χ2n) is 3.73. The Labute approximate surface area is 110 Å². The summed E-state index contributed by atoms with van der Waals surface area (Å²) in [5.74, 6) is -1.52. The number of hydrogen-bond donors (Lipinski definition) is 1. The van der Waals surface area contributed by atoms with E-state index < -0.39 is 28.6 Å². The minimum atomic E-state index is -3.04. The van der Waals surface area contributed by atoms with Gasteiger partial charge >= 0.3 is 5.97 Å². The van der Waals surface area contributed by atoms with Crippen LogP contribution in [-0.4, -0.2) is 25.8 Å². The SMILES string of the molecule is O=C(O)c1cnn(-c2ccc([N+](=O)[O-])cc2)c1C(F)F. The lowest BCUT2D eigenvalue weighted by Gasteiger charge is -2.07. The molecule has 0 saturated carbocycles. The number of aromatic nitrogens is 2. The number of rotatable bonds is 4. The highest BCUT2D eigenvalue weighted by Crippen LogP contribution is 2.26. The van der Waals surface area contributed by atoms with Gasteiger partial charge in [-0.25, -0.2) is 18.3 Å². The van der Waals surface area contributed by atoms with Crippen molar-refractivity contribution in [1.82, 2.24) is 9.78 Å². The van der Waals surface area contributed by atoms with Gasteiger partial charge < -0.3 is 5.11 Å². The maximum absolute atomic E-state index is 12.9. The number of hydrogen-bond acceptors (Lipinski definition) is 4. The minimum absolute atomic E-state index is 0.110. The summed E-state index contributed by atoms with van der Waals surface area (Å²) in [4.78, 5) is 20.7. The molecule has 1 aromatic carbocycles. The Hall–Kier alpha value is -2.84. The second kappa shape index (κ2) is 5.03. The third-order valence-electron chi connectivity index (χ3n) is 2.55. The Bertz CT molecular complexity index is 667. The van der Waals surface area contributed by atoms with Gasteiger partial charge in [0, 0.05) is 12.1 Å². The van der Waals surface area contributed by atoms with E-state index in [2.05, 4.69) is 5.10 Å². The van der Waals surface area contributed by atoms with Crippen molar-refractivity contribution in [3.05, 3.63) is 51.8 Å². The molecule has 0 amide bonds. The summed E-state index contributed by atoms with van der Waals surface area (Å²) >= 11 is 0. The van der Waals surface area contributed by atoms with E-state index >= 15 is 0 Å². The highest BCUT2D eigenvalue weighted by molar-refractivity contribution is 5.88. The molecule has 0 radical (unpaired) electrons. The molecule has 0 spiro atoms. The topological polar surface area (TPSA) is 98.3 Å². The molecule has 20 heavy (non-hydrogen) atoms. The van der Waals surface area contributed by atoms with Crippen LogP contribution in [0, 0.1) is 10.1 Å². The molecule has 9 heteroatoms. The summed E-state index contributed by atoms with van der Waals surface area (Å²) in [6.45, 7) is 0. The molecule has 1 N–H and O–H groups in total. The van der Waals surface area contributed by atoms with Crippen molar-refractivity contribution < 1.29 is 23.6 Å². The van der Waals surface area contributed by atoms with Crippen LogP contribution in [0.1, 0.15) is 22.5 Å². The lowest BCUT2D eigenvalue weighted by atomic mass is 10.2. The first-order valence-electron chi connectivity index (χ1n) is 5.26. The van der Waals surface area contributed by atoms with Crippen LogP contribution < -0.4 is 0 Å². The predicted octanol–water partition coefficient (Wildman–Crippen LogP) is 2.42. The number of nitro benzene ring substituents is 1. The van der Waals surface area contributed by atoms with Crippen molar-refractivity contribution >= 4 is 11.7 Å². The van der Waals surface area contributed by atoms with Crippen LogP contribution in [0.2, 0.25) is 0 Å². The van der Waals surface area contributed by atoms with E-state index in [0.29, 0.717) is 0 Å². The lowest BCUT2D eigenvalue weighted by Crippen LogP contribution is -2.07. The van der Waals surface area contributed by atoms with Gasteiger partial charge in [-0.05, 0) is 12.1 Å². The van der Waals surface area contributed by atoms with Crippen molar-refractivity contribution in [1.29, 1.82) is 0 Å². The van der Waals surface area contributed by atoms with Gasteiger partial charge in [0.15, 0.2) is 0 Å². The van der Waals surface area contributed by atoms with E-state index in [0.717, 1.165) is 23.0 Å². The Morgan fingerprint density at radius 2 is 1.95 bits per heavy atom. The van der Waals surface area contributed by atoms with Gasteiger partial charge in [0.25, 0.3) is 12.1 Å². The molecule has 0 unspecified atom stereocenters. The number of benzene rings is 1. The third kappa shape index (κ3) is 2.32. The summed E-state index contributed by atoms with van der Waals surface area (Å²) < 4.78 is 26.6. The van der Waals surface area contributed by atoms with Crippen LogP contribution in [-0.2, 0) is 0 Å². The zero-order valence-electron chi connectivity index (χ0n) is 9.73. The first-order chi connectivity index (χ1) is 9.41. The Balaban J connectivity index is 2.52. The normalized spacial score (nSPS) is 10.8. The van der Waals surface area contributed by atoms with Crippen molar-refractivity contribution in [2.75, 3.05) is 0 Å². The molecule has 1 heterocycles. The molecule has 7 nitrogen and oxygen atoms in total. The molecule has 2 rings (SSSR count). The zero-order valence-corrected chi connectivity index (χ0v) is 9.73.